The molecular formula is C27H28ClFN4O3. The molecule has 36 heavy (non-hydrogen) atoms. The maximum Gasteiger partial charge on any atom is 0.275 e. The van der Waals surface area contributed by atoms with Gasteiger partial charge in [0.05, 0.1) is 17.2 Å². The number of amides is 1. The minimum absolute atomic E-state index is 0.173. The summed E-state index contributed by atoms with van der Waals surface area (Å²) in [5.41, 5.74) is 1.41. The number of nitrogens with zero attached hydrogens (tertiary/aromatic N) is 2. The molecule has 0 saturated carbocycles. The summed E-state index contributed by atoms with van der Waals surface area (Å²) in [7, 11) is 0. The molecule has 0 aliphatic rings. The van der Waals surface area contributed by atoms with Gasteiger partial charge in [-0.2, -0.15) is 0 Å². The zero-order valence-electron chi connectivity index (χ0n) is 20.7. The van der Waals surface area contributed by atoms with E-state index < -0.39 is 23.4 Å². The van der Waals surface area contributed by atoms with Crippen LogP contribution in [-0.4, -0.2) is 31.2 Å². The number of hydrogen-bond donors (Lipinski definition) is 3. The molecule has 2 heterocycles. The van der Waals surface area contributed by atoms with Crippen molar-refractivity contribution in [3.63, 3.8) is 0 Å². The first-order valence-corrected chi connectivity index (χ1v) is 12.0. The van der Waals surface area contributed by atoms with Crippen molar-refractivity contribution in [2.45, 2.75) is 52.2 Å². The van der Waals surface area contributed by atoms with Crippen molar-refractivity contribution in [3.05, 3.63) is 92.1 Å². The molecular weight excluding hydrogens is 483 g/mol. The van der Waals surface area contributed by atoms with E-state index in [4.69, 9.17) is 11.6 Å². The highest BCUT2D eigenvalue weighted by Gasteiger charge is 2.32. The predicted octanol–water partition coefficient (Wildman–Crippen LogP) is 5.16. The Morgan fingerprint density at radius 3 is 2.44 bits per heavy atom. The van der Waals surface area contributed by atoms with Crippen LogP contribution < -0.4 is 10.9 Å². The zero-order valence-corrected chi connectivity index (χ0v) is 21.4. The van der Waals surface area contributed by atoms with E-state index in [1.807, 2.05) is 26.8 Å². The lowest BCUT2D eigenvalue weighted by Crippen LogP contribution is -2.42. The van der Waals surface area contributed by atoms with E-state index in [1.165, 1.54) is 35.0 Å². The van der Waals surface area contributed by atoms with E-state index in [-0.39, 0.29) is 22.6 Å². The van der Waals surface area contributed by atoms with Crippen LogP contribution in [0.15, 0.2) is 53.5 Å². The quantitative estimate of drug-likeness (QED) is 0.334. The summed E-state index contributed by atoms with van der Waals surface area (Å²) in [6.45, 7) is 8.75. The second-order valence-corrected chi connectivity index (χ2v) is 10.2. The predicted molar refractivity (Wildman–Crippen MR) is 138 cm³/mol. The first-order chi connectivity index (χ1) is 16.9. The molecule has 0 bridgehead atoms. The summed E-state index contributed by atoms with van der Waals surface area (Å²) in [5.74, 6) is -0.736. The standard InChI is InChI=1S/C27H28ClFN4O3/c1-14(2)21-19(25(34)30-23(27(4,5)36)16-6-9-18(29)10-7-16)13-33-22(21)26(35)31-24(32-33)17-8-11-20(28)15(3)12-17/h6-14,23,36H,1-5H3,(H,30,34)(H,31,32,35). The Labute approximate surface area is 212 Å². The fourth-order valence-electron chi connectivity index (χ4n) is 4.33. The number of benzene rings is 2. The monoisotopic (exact) mass is 510 g/mol. The molecule has 1 amide bonds. The number of aromatic nitrogens is 3. The van der Waals surface area contributed by atoms with E-state index in [0.29, 0.717) is 27.5 Å². The molecule has 2 aromatic heterocycles. The summed E-state index contributed by atoms with van der Waals surface area (Å²) < 4.78 is 14.9. The number of carbonyl (C=O) groups is 1. The largest absolute Gasteiger partial charge is 0.388 e. The Hall–Kier alpha value is -3.49. The van der Waals surface area contributed by atoms with Crippen LogP contribution in [0.2, 0.25) is 5.02 Å². The van der Waals surface area contributed by atoms with Crippen molar-refractivity contribution in [3.8, 4) is 11.4 Å². The van der Waals surface area contributed by atoms with Gasteiger partial charge in [0.2, 0.25) is 0 Å². The maximum absolute atomic E-state index is 13.5. The molecule has 2 aromatic carbocycles. The van der Waals surface area contributed by atoms with Gasteiger partial charge in [0, 0.05) is 22.3 Å². The second kappa shape index (κ2) is 9.52. The van der Waals surface area contributed by atoms with Gasteiger partial charge in [-0.25, -0.2) is 8.91 Å². The third kappa shape index (κ3) is 4.92. The van der Waals surface area contributed by atoms with Crippen molar-refractivity contribution >= 4 is 23.0 Å². The van der Waals surface area contributed by atoms with Crippen molar-refractivity contribution in [1.29, 1.82) is 0 Å². The average Bonchev–Trinajstić information content (AvgIpc) is 3.20. The lowest BCUT2D eigenvalue weighted by molar-refractivity contribution is 0.0343. The number of H-pyrrole nitrogens is 1. The van der Waals surface area contributed by atoms with E-state index in [2.05, 4.69) is 15.4 Å². The van der Waals surface area contributed by atoms with Crippen LogP contribution in [0.25, 0.3) is 16.9 Å². The Morgan fingerprint density at radius 1 is 1.19 bits per heavy atom. The molecule has 0 aliphatic heterocycles. The van der Waals surface area contributed by atoms with Crippen LogP contribution >= 0.6 is 11.6 Å². The Balaban J connectivity index is 1.80. The molecule has 7 nitrogen and oxygen atoms in total. The molecule has 0 spiro atoms. The zero-order chi connectivity index (χ0) is 26.4. The fraction of sp³-hybridized carbons (Fsp3) is 0.296. The summed E-state index contributed by atoms with van der Waals surface area (Å²) in [6.07, 6.45) is 1.52. The average molecular weight is 511 g/mol. The minimum atomic E-state index is -1.35. The van der Waals surface area contributed by atoms with Gasteiger partial charge in [0.15, 0.2) is 5.82 Å². The number of nitrogens with one attached hydrogen (secondary N) is 2. The summed E-state index contributed by atoms with van der Waals surface area (Å²) in [5, 5.41) is 18.8. The van der Waals surface area contributed by atoms with E-state index in [9.17, 15) is 19.1 Å². The van der Waals surface area contributed by atoms with Gasteiger partial charge in [-0.1, -0.05) is 37.6 Å². The van der Waals surface area contributed by atoms with Crippen LogP contribution in [0.4, 0.5) is 4.39 Å². The van der Waals surface area contributed by atoms with E-state index in [1.54, 1.807) is 26.0 Å². The second-order valence-electron chi connectivity index (χ2n) is 9.78. The lowest BCUT2D eigenvalue weighted by Gasteiger charge is -2.30. The van der Waals surface area contributed by atoms with Crippen LogP contribution in [0.1, 0.15) is 66.7 Å². The number of aryl methyl sites for hydroxylation is 1. The third-order valence-electron chi connectivity index (χ3n) is 6.12. The first kappa shape index (κ1) is 25.6. The van der Waals surface area contributed by atoms with Crippen molar-refractivity contribution in [2.24, 2.45) is 0 Å². The van der Waals surface area contributed by atoms with Crippen LogP contribution in [0.3, 0.4) is 0 Å². The maximum atomic E-state index is 13.5. The van der Waals surface area contributed by atoms with Gasteiger partial charge < -0.3 is 15.4 Å². The van der Waals surface area contributed by atoms with E-state index in [0.717, 1.165) is 5.56 Å². The summed E-state index contributed by atoms with van der Waals surface area (Å²) in [6, 6.07) is 10.1. The Bertz CT molecular complexity index is 1500. The van der Waals surface area contributed by atoms with Crippen LogP contribution in [-0.2, 0) is 0 Å². The van der Waals surface area contributed by atoms with Crippen LogP contribution in [0, 0.1) is 12.7 Å². The van der Waals surface area contributed by atoms with Gasteiger partial charge in [-0.15, -0.1) is 5.10 Å². The SMILES string of the molecule is Cc1cc(-c2nn3cc(C(=O)NC(c4ccc(F)cc4)C(C)(C)O)c(C(C)C)c3c(=O)[nH]2)ccc1Cl. The lowest BCUT2D eigenvalue weighted by atomic mass is 9.91. The highest BCUT2D eigenvalue weighted by molar-refractivity contribution is 6.31. The first-order valence-electron chi connectivity index (χ1n) is 11.6. The fourth-order valence-corrected chi connectivity index (χ4v) is 4.45. The van der Waals surface area contributed by atoms with Crippen molar-refractivity contribution in [1.82, 2.24) is 19.9 Å². The number of hydrogen-bond acceptors (Lipinski definition) is 4. The number of aliphatic hydroxyl groups is 1. The van der Waals surface area contributed by atoms with Crippen molar-refractivity contribution < 1.29 is 14.3 Å². The van der Waals surface area contributed by atoms with Gasteiger partial charge in [0.1, 0.15) is 11.3 Å². The molecule has 0 aliphatic carbocycles. The number of carbonyl (C=O) groups excluding carboxylic acids is 1. The molecule has 9 heteroatoms. The molecule has 0 radical (unpaired) electrons. The minimum Gasteiger partial charge on any atom is -0.388 e. The van der Waals surface area contributed by atoms with Gasteiger partial charge >= 0.3 is 0 Å². The number of fused-ring (bicyclic) bond motifs is 1. The molecule has 3 N–H and O–H groups in total. The highest BCUT2D eigenvalue weighted by atomic mass is 35.5. The Morgan fingerprint density at radius 2 is 1.86 bits per heavy atom. The number of halogens is 2. The normalized spacial score (nSPS) is 12.8. The van der Waals surface area contributed by atoms with Gasteiger partial charge in [0.25, 0.3) is 11.5 Å². The summed E-state index contributed by atoms with van der Waals surface area (Å²) in [4.78, 5) is 29.5. The summed E-state index contributed by atoms with van der Waals surface area (Å²) >= 11 is 6.14. The molecule has 4 aromatic rings. The molecule has 1 atom stereocenters. The molecule has 0 fully saturated rings. The van der Waals surface area contributed by atoms with Gasteiger partial charge in [-0.05, 0) is 68.1 Å². The number of rotatable bonds is 6. The third-order valence-corrected chi connectivity index (χ3v) is 6.54. The highest BCUT2D eigenvalue weighted by Crippen LogP contribution is 2.29. The molecule has 1 unspecified atom stereocenters. The number of aromatic amines is 1. The van der Waals surface area contributed by atoms with Crippen molar-refractivity contribution in [2.75, 3.05) is 0 Å². The smallest absolute Gasteiger partial charge is 0.275 e. The topological polar surface area (TPSA) is 99.5 Å². The Kier molecular flexibility index (Phi) is 6.77. The molecule has 0 saturated heterocycles. The van der Waals surface area contributed by atoms with Gasteiger partial charge in [-0.3, -0.25) is 9.59 Å². The van der Waals surface area contributed by atoms with Crippen LogP contribution in [0.5, 0.6) is 0 Å². The molecule has 188 valence electrons. The van der Waals surface area contributed by atoms with E-state index >= 15 is 0 Å². The molecule has 4 rings (SSSR count).